The highest BCUT2D eigenvalue weighted by Gasteiger charge is 2.47. The highest BCUT2D eigenvalue weighted by molar-refractivity contribution is 6.65. The monoisotopic (exact) mass is 588 g/mol. The second kappa shape index (κ2) is 11.2. The number of carbonyl (C=O) groups excluding carboxylic acids is 2. The average molecular weight is 589 g/mol. The van der Waals surface area contributed by atoms with Crippen LogP contribution in [0.3, 0.4) is 0 Å². The third-order valence-electron chi connectivity index (χ3n) is 8.59. The first-order valence-corrected chi connectivity index (χ1v) is 14.3. The number of morpholine rings is 1. The van der Waals surface area contributed by atoms with Gasteiger partial charge in [-0.1, -0.05) is 5.16 Å². The maximum atomic E-state index is 13.6. The van der Waals surface area contributed by atoms with Gasteiger partial charge in [0, 0.05) is 13.0 Å². The summed E-state index contributed by atoms with van der Waals surface area (Å²) >= 11 is 0. The predicted molar refractivity (Wildman–Crippen MR) is 142 cm³/mol. The molecule has 2 saturated carbocycles. The second-order valence-electron chi connectivity index (χ2n) is 11.7. The Morgan fingerprint density at radius 3 is 2.60 bits per heavy atom. The molecule has 4 fully saturated rings. The number of aromatic nitrogens is 4. The Bertz CT molecular complexity index is 1390. The first kappa shape index (κ1) is 28.5. The van der Waals surface area contributed by atoms with Crippen LogP contribution in [-0.4, -0.2) is 91.3 Å². The first-order valence-electron chi connectivity index (χ1n) is 14.3. The molecule has 0 aromatic carbocycles. The molecular formula is C27H34F2N8O5. The van der Waals surface area contributed by atoms with Gasteiger partial charge in [-0.05, 0) is 56.8 Å². The van der Waals surface area contributed by atoms with Crippen molar-refractivity contribution in [3.8, 4) is 0 Å². The van der Waals surface area contributed by atoms with Crippen molar-refractivity contribution in [1.82, 2.24) is 29.8 Å². The van der Waals surface area contributed by atoms with Crippen molar-refractivity contribution in [1.29, 1.82) is 5.41 Å². The van der Waals surface area contributed by atoms with Crippen LogP contribution in [0.4, 0.5) is 8.78 Å². The highest BCUT2D eigenvalue weighted by Crippen LogP contribution is 2.54. The molecule has 0 unspecified atom stereocenters. The minimum atomic E-state index is -2.93. The van der Waals surface area contributed by atoms with Gasteiger partial charge in [0.15, 0.2) is 0 Å². The molecule has 0 radical (unpaired) electrons. The number of ether oxygens (including phenoxy) is 2. The Hall–Kier alpha value is -3.59. The number of hydrogen-bond acceptors (Lipinski definition) is 10. The van der Waals surface area contributed by atoms with Gasteiger partial charge in [0.1, 0.15) is 24.1 Å². The summed E-state index contributed by atoms with van der Waals surface area (Å²) in [6.07, 6.45) is 6.04. The fourth-order valence-corrected chi connectivity index (χ4v) is 6.01. The van der Waals surface area contributed by atoms with Crippen LogP contribution >= 0.6 is 0 Å². The lowest BCUT2D eigenvalue weighted by Gasteiger charge is -2.38. The minimum absolute atomic E-state index is 0.0678. The van der Waals surface area contributed by atoms with Gasteiger partial charge in [0.05, 0.1) is 49.1 Å². The Morgan fingerprint density at radius 1 is 1.21 bits per heavy atom. The van der Waals surface area contributed by atoms with Crippen molar-refractivity contribution in [2.24, 2.45) is 22.9 Å². The molecule has 2 aromatic heterocycles. The largest absolute Gasteiger partial charge is 0.411 e. The summed E-state index contributed by atoms with van der Waals surface area (Å²) in [6.45, 7) is 1.32. The third kappa shape index (κ3) is 5.84. The molecule has 2 amide bonds. The number of amides is 2. The van der Waals surface area contributed by atoms with Gasteiger partial charge < -0.3 is 24.9 Å². The van der Waals surface area contributed by atoms with E-state index in [2.05, 4.69) is 20.6 Å². The summed E-state index contributed by atoms with van der Waals surface area (Å²) < 4.78 is 39.6. The Labute approximate surface area is 240 Å². The summed E-state index contributed by atoms with van der Waals surface area (Å²) in [6, 6.07) is -1.09. The molecule has 6 rings (SSSR count). The smallest absolute Gasteiger partial charge is 0.271 e. The van der Waals surface area contributed by atoms with E-state index in [0.29, 0.717) is 29.8 Å². The summed E-state index contributed by atoms with van der Waals surface area (Å²) in [5.41, 5.74) is 0.472. The summed E-state index contributed by atoms with van der Waals surface area (Å²) in [4.78, 5) is 37.2. The van der Waals surface area contributed by atoms with Crippen molar-refractivity contribution in [3.05, 3.63) is 23.8 Å². The molecule has 0 spiro atoms. The van der Waals surface area contributed by atoms with Gasteiger partial charge in [0.25, 0.3) is 23.5 Å². The zero-order chi connectivity index (χ0) is 29.6. The van der Waals surface area contributed by atoms with E-state index in [-0.39, 0.29) is 42.9 Å². The molecule has 4 aliphatic rings. The number of carbonyl (C=O) groups is 2. The molecule has 2 aliphatic heterocycles. The fourth-order valence-electron chi connectivity index (χ4n) is 6.01. The molecule has 3 atom stereocenters. The maximum Gasteiger partial charge on any atom is 0.271 e. The van der Waals surface area contributed by atoms with Gasteiger partial charge in [0.2, 0.25) is 0 Å². The van der Waals surface area contributed by atoms with Crippen LogP contribution in [0.25, 0.3) is 5.78 Å². The summed E-state index contributed by atoms with van der Waals surface area (Å²) in [5.74, 6) is -2.69. The van der Waals surface area contributed by atoms with E-state index in [1.165, 1.54) is 17.6 Å². The third-order valence-corrected chi connectivity index (χ3v) is 8.59. The molecule has 4 heterocycles. The number of alkyl halides is 2. The van der Waals surface area contributed by atoms with E-state index >= 15 is 0 Å². The highest BCUT2D eigenvalue weighted by atomic mass is 19.3. The molecule has 42 heavy (non-hydrogen) atoms. The Balaban J connectivity index is 1.26. The standard InChI is InChI=1S/C27H34F2N8O5/c1-14(35-40)22(30)24(38)34-23(21(15-2-3-15)16-4-5-16)18-11-37-26(33-18)32-17(10-31-37)19-12-41-9-8-36(19)25(39)20-6-7-27(28,29)13-42-20/h10-11,15-16,19-21,23,30,40H,2-9,12-13H2,1H3,(H,34,38)/b30-22?,35-14-/t19-,20-,23+/m0/s1. The lowest BCUT2D eigenvalue weighted by Crippen LogP contribution is -2.50. The zero-order valence-electron chi connectivity index (χ0n) is 23.2. The van der Waals surface area contributed by atoms with Crippen molar-refractivity contribution in [3.63, 3.8) is 0 Å². The van der Waals surface area contributed by atoms with Gasteiger partial charge in [-0.15, -0.1) is 0 Å². The van der Waals surface area contributed by atoms with Crippen LogP contribution in [0, 0.1) is 23.2 Å². The average Bonchev–Trinajstić information content (AvgIpc) is 3.94. The Kier molecular flexibility index (Phi) is 7.64. The summed E-state index contributed by atoms with van der Waals surface area (Å²) in [7, 11) is 0. The summed E-state index contributed by atoms with van der Waals surface area (Å²) in [5, 5.41) is 27.6. The number of rotatable bonds is 9. The quantitative estimate of drug-likeness (QED) is 0.228. The molecule has 3 N–H and O–H groups in total. The van der Waals surface area contributed by atoms with Crippen LogP contribution in [-0.2, 0) is 19.1 Å². The number of oxime groups is 1. The van der Waals surface area contributed by atoms with E-state index in [0.717, 1.165) is 25.7 Å². The normalized spacial score (nSPS) is 25.4. The second-order valence-corrected chi connectivity index (χ2v) is 11.7. The van der Waals surface area contributed by atoms with Crippen molar-refractivity contribution in [2.45, 2.75) is 69.6 Å². The predicted octanol–water partition coefficient (Wildman–Crippen LogP) is 2.30. The number of halogens is 2. The maximum absolute atomic E-state index is 13.6. The van der Waals surface area contributed by atoms with E-state index in [9.17, 15) is 18.4 Å². The molecule has 2 aliphatic carbocycles. The fraction of sp³-hybridized carbons (Fsp3) is 0.667. The van der Waals surface area contributed by atoms with E-state index in [1.807, 2.05) is 0 Å². The lowest BCUT2D eigenvalue weighted by molar-refractivity contribution is -0.176. The molecule has 226 valence electrons. The van der Waals surface area contributed by atoms with Crippen LogP contribution < -0.4 is 5.32 Å². The number of fused-ring (bicyclic) bond motifs is 1. The van der Waals surface area contributed by atoms with E-state index in [1.54, 1.807) is 11.1 Å². The first-order chi connectivity index (χ1) is 20.1. The number of nitrogens with zero attached hydrogens (tertiary/aromatic N) is 6. The molecule has 2 aromatic rings. The van der Waals surface area contributed by atoms with Crippen LogP contribution in [0.2, 0.25) is 0 Å². The van der Waals surface area contributed by atoms with E-state index < -0.39 is 48.8 Å². The van der Waals surface area contributed by atoms with Gasteiger partial charge in [-0.25, -0.2) is 23.3 Å². The van der Waals surface area contributed by atoms with Gasteiger partial charge in [-0.2, -0.15) is 5.10 Å². The molecular weight excluding hydrogens is 554 g/mol. The lowest BCUT2D eigenvalue weighted by atomic mass is 9.87. The SMILES string of the molecule is C/C(=N/O)C(=N)C(=O)N[C@H](c1cn2ncc([C@@H]3COCCN3C(=O)[C@@H]3CCC(F)(F)CO3)nc2n1)C(C1CC1)C1CC1. The number of nitrogens with one attached hydrogen (secondary N) is 2. The number of imidazole rings is 1. The van der Waals surface area contributed by atoms with Crippen LogP contribution in [0.15, 0.2) is 17.5 Å². The zero-order valence-corrected chi connectivity index (χ0v) is 23.2. The van der Waals surface area contributed by atoms with Crippen molar-refractivity contribution >= 4 is 29.0 Å². The molecule has 2 saturated heterocycles. The Morgan fingerprint density at radius 2 is 1.95 bits per heavy atom. The van der Waals surface area contributed by atoms with Gasteiger partial charge in [-0.3, -0.25) is 15.0 Å². The van der Waals surface area contributed by atoms with Crippen LogP contribution in [0.5, 0.6) is 0 Å². The van der Waals surface area contributed by atoms with E-state index in [4.69, 9.17) is 25.1 Å². The molecule has 0 bridgehead atoms. The van der Waals surface area contributed by atoms with Gasteiger partial charge >= 0.3 is 0 Å². The molecule has 13 nitrogen and oxygen atoms in total. The van der Waals surface area contributed by atoms with Crippen molar-refractivity contribution < 1.29 is 33.1 Å². The van der Waals surface area contributed by atoms with Crippen molar-refractivity contribution in [2.75, 3.05) is 26.4 Å². The molecule has 15 heteroatoms. The topological polar surface area (TPSA) is 167 Å². The van der Waals surface area contributed by atoms with Crippen LogP contribution in [0.1, 0.15) is 68.9 Å². The minimum Gasteiger partial charge on any atom is -0.411 e. The number of hydrogen-bond donors (Lipinski definition) is 3.